The molecule has 2 aromatic heterocycles. The Balaban J connectivity index is 1.22. The van der Waals surface area contributed by atoms with E-state index in [1.807, 2.05) is 12.1 Å². The van der Waals surface area contributed by atoms with Crippen molar-refractivity contribution >= 4 is 57.7 Å². The average Bonchev–Trinajstić information content (AvgIpc) is 3.54. The van der Waals surface area contributed by atoms with E-state index in [4.69, 9.17) is 31.8 Å². The molecule has 0 atom stereocenters. The van der Waals surface area contributed by atoms with Crippen molar-refractivity contribution in [2.45, 2.75) is 76.4 Å². The summed E-state index contributed by atoms with van der Waals surface area (Å²) in [5.41, 5.74) is 0.709. The molecule has 0 bridgehead atoms. The maximum atomic E-state index is 13.7. The molecule has 3 aliphatic rings. The molecule has 42 heavy (non-hydrogen) atoms. The minimum Gasteiger partial charge on any atom is -0.481 e. The second-order valence-electron chi connectivity index (χ2n) is 11.0. The molecule has 5 heterocycles. The van der Waals surface area contributed by atoms with E-state index in [2.05, 4.69) is 4.90 Å². The van der Waals surface area contributed by atoms with Crippen LogP contribution in [0.4, 0.5) is 5.82 Å². The lowest BCUT2D eigenvalue weighted by atomic mass is 10.0. The fourth-order valence-corrected chi connectivity index (χ4v) is 7.02. The number of carboxylic acids is 1. The highest BCUT2D eigenvalue weighted by Gasteiger charge is 2.41. The fraction of sp³-hybridized carbons (Fsp3) is 0.567. The van der Waals surface area contributed by atoms with E-state index >= 15 is 0 Å². The van der Waals surface area contributed by atoms with Crippen molar-refractivity contribution in [2.24, 2.45) is 0 Å². The molecule has 3 saturated heterocycles. The van der Waals surface area contributed by atoms with Crippen LogP contribution < -0.4 is 10.5 Å². The van der Waals surface area contributed by atoms with E-state index in [1.165, 1.54) is 16.2 Å². The number of thiocarbonyl (C=S) groups is 1. The summed E-state index contributed by atoms with van der Waals surface area (Å²) in [7, 11) is 0. The Morgan fingerprint density at radius 1 is 1.02 bits per heavy atom. The predicted molar refractivity (Wildman–Crippen MR) is 167 cm³/mol. The maximum Gasteiger partial charge on any atom is 0.303 e. The average molecular weight is 615 g/mol. The fourth-order valence-electron chi connectivity index (χ4n) is 5.73. The summed E-state index contributed by atoms with van der Waals surface area (Å²) in [5, 5.41) is 8.71. The van der Waals surface area contributed by atoms with Gasteiger partial charge in [0.2, 0.25) is 0 Å². The van der Waals surface area contributed by atoms with Crippen LogP contribution in [0.1, 0.15) is 76.2 Å². The van der Waals surface area contributed by atoms with Crippen LogP contribution in [-0.4, -0.2) is 74.2 Å². The molecule has 226 valence electrons. The normalized spacial score (nSPS) is 19.6. The van der Waals surface area contributed by atoms with Crippen LogP contribution in [0.15, 0.2) is 34.1 Å². The van der Waals surface area contributed by atoms with Crippen molar-refractivity contribution in [2.75, 3.05) is 37.7 Å². The summed E-state index contributed by atoms with van der Waals surface area (Å²) in [6.45, 7) is 2.99. The summed E-state index contributed by atoms with van der Waals surface area (Å²) in [6.07, 6.45) is 12.8. The van der Waals surface area contributed by atoms with Crippen LogP contribution in [0.3, 0.4) is 0 Å². The standard InChI is InChI=1S/C30H38N4O6S2/c35-25(36)12-7-5-3-1-2-4-6-9-16-34-28(38)23(42-29(34)41)21-22-26(31-24-11-8-10-15-33(24)27(22)37)32-17-13-30(14-18-32)39-19-20-40-30/h8,10-11,15,21H,1-7,9,12-14,16-20H2,(H,35,36). The van der Waals surface area contributed by atoms with Crippen LogP contribution in [0.5, 0.6) is 0 Å². The van der Waals surface area contributed by atoms with E-state index in [1.54, 1.807) is 23.2 Å². The molecule has 0 unspecified atom stereocenters. The van der Waals surface area contributed by atoms with Gasteiger partial charge in [-0.2, -0.15) is 0 Å². The lowest BCUT2D eigenvalue weighted by Gasteiger charge is -2.38. The Labute approximate surface area is 255 Å². The van der Waals surface area contributed by atoms with Gasteiger partial charge in [-0.3, -0.25) is 23.7 Å². The van der Waals surface area contributed by atoms with Crippen LogP contribution in [0, 0.1) is 0 Å². The Bertz CT molecular complexity index is 1390. The molecule has 12 heteroatoms. The van der Waals surface area contributed by atoms with Crippen LogP contribution in [0.2, 0.25) is 0 Å². The number of piperidine rings is 1. The molecule has 2 aromatic rings. The number of ether oxygens (including phenoxy) is 2. The van der Waals surface area contributed by atoms with Gasteiger partial charge in [0, 0.05) is 45.1 Å². The molecule has 0 radical (unpaired) electrons. The molecular weight excluding hydrogens is 576 g/mol. The molecule has 5 rings (SSSR count). The van der Waals surface area contributed by atoms with Gasteiger partial charge in [0.05, 0.1) is 23.7 Å². The van der Waals surface area contributed by atoms with Gasteiger partial charge in [-0.05, 0) is 31.1 Å². The number of carbonyl (C=O) groups is 2. The highest BCUT2D eigenvalue weighted by atomic mass is 32.2. The number of fused-ring (bicyclic) bond motifs is 1. The van der Waals surface area contributed by atoms with E-state index < -0.39 is 11.8 Å². The van der Waals surface area contributed by atoms with Gasteiger partial charge in [0.25, 0.3) is 11.5 Å². The van der Waals surface area contributed by atoms with Gasteiger partial charge >= 0.3 is 5.97 Å². The molecule has 10 nitrogen and oxygen atoms in total. The second kappa shape index (κ2) is 14.1. The Morgan fingerprint density at radius 3 is 2.38 bits per heavy atom. The van der Waals surface area contributed by atoms with Gasteiger partial charge < -0.3 is 19.5 Å². The summed E-state index contributed by atoms with van der Waals surface area (Å²) >= 11 is 6.80. The van der Waals surface area contributed by atoms with Crippen LogP contribution >= 0.6 is 24.0 Å². The molecule has 3 fully saturated rings. The second-order valence-corrected chi connectivity index (χ2v) is 12.7. The third-order valence-electron chi connectivity index (χ3n) is 8.06. The number of carbonyl (C=O) groups excluding carboxylic acids is 1. The minimum absolute atomic E-state index is 0.169. The zero-order valence-corrected chi connectivity index (χ0v) is 25.4. The number of anilines is 1. The molecule has 1 spiro atoms. The molecule has 0 aromatic carbocycles. The van der Waals surface area contributed by atoms with Crippen molar-refractivity contribution < 1.29 is 24.2 Å². The summed E-state index contributed by atoms with van der Waals surface area (Å²) in [4.78, 5) is 46.7. The zero-order chi connectivity index (χ0) is 29.5. The number of aromatic nitrogens is 2. The number of pyridine rings is 1. The van der Waals surface area contributed by atoms with Gasteiger partial charge in [-0.25, -0.2) is 4.98 Å². The summed E-state index contributed by atoms with van der Waals surface area (Å²) in [5.74, 6) is -0.885. The highest BCUT2D eigenvalue weighted by Crippen LogP contribution is 2.36. The van der Waals surface area contributed by atoms with Crippen molar-refractivity contribution in [3.8, 4) is 0 Å². The Hall–Kier alpha value is -2.80. The number of rotatable bonds is 13. The minimum atomic E-state index is -0.729. The molecule has 3 aliphatic heterocycles. The number of aliphatic carboxylic acids is 1. The van der Waals surface area contributed by atoms with E-state index in [-0.39, 0.29) is 17.9 Å². The number of nitrogens with zero attached hydrogens (tertiary/aromatic N) is 4. The van der Waals surface area contributed by atoms with E-state index in [0.717, 1.165) is 51.4 Å². The molecule has 0 aliphatic carbocycles. The van der Waals surface area contributed by atoms with Crippen molar-refractivity contribution in [1.29, 1.82) is 0 Å². The monoisotopic (exact) mass is 614 g/mol. The summed E-state index contributed by atoms with van der Waals surface area (Å²) < 4.78 is 13.8. The first-order valence-electron chi connectivity index (χ1n) is 14.9. The first-order chi connectivity index (χ1) is 20.4. The first-order valence-corrected chi connectivity index (χ1v) is 16.1. The molecule has 1 amide bonds. The van der Waals surface area contributed by atoms with Gasteiger partial charge in [0.1, 0.15) is 15.8 Å². The lowest BCUT2D eigenvalue weighted by molar-refractivity contribution is -0.169. The van der Waals surface area contributed by atoms with E-state index in [0.29, 0.717) is 71.9 Å². The topological polar surface area (TPSA) is 114 Å². The van der Waals surface area contributed by atoms with E-state index in [9.17, 15) is 14.4 Å². The smallest absolute Gasteiger partial charge is 0.303 e. The van der Waals surface area contributed by atoms with Crippen LogP contribution in [-0.2, 0) is 19.1 Å². The van der Waals surface area contributed by atoms with Gasteiger partial charge in [0.15, 0.2) is 5.79 Å². The number of unbranched alkanes of at least 4 members (excludes halogenated alkanes) is 7. The Morgan fingerprint density at radius 2 is 1.69 bits per heavy atom. The largest absolute Gasteiger partial charge is 0.481 e. The quantitative estimate of drug-likeness (QED) is 0.191. The number of carboxylic acid groups (broad SMARTS) is 1. The molecular formula is C30H38N4O6S2. The predicted octanol–water partition coefficient (Wildman–Crippen LogP) is 4.83. The SMILES string of the molecule is O=C(O)CCCCCCCCCCN1C(=O)C(=Cc2c(N3CCC4(CC3)OCCO4)nc3ccccn3c2=O)SC1=S. The number of thioether (sulfide) groups is 1. The van der Waals surface area contributed by atoms with Crippen molar-refractivity contribution in [1.82, 2.24) is 14.3 Å². The lowest BCUT2D eigenvalue weighted by Crippen LogP contribution is -2.46. The van der Waals surface area contributed by atoms with Crippen molar-refractivity contribution in [3.63, 3.8) is 0 Å². The number of hydrogen-bond acceptors (Lipinski definition) is 9. The third-order valence-corrected chi connectivity index (χ3v) is 9.44. The summed E-state index contributed by atoms with van der Waals surface area (Å²) in [6, 6.07) is 5.45. The molecule has 1 N–H and O–H groups in total. The molecule has 0 saturated carbocycles. The van der Waals surface area contributed by atoms with Crippen molar-refractivity contribution in [3.05, 3.63) is 45.2 Å². The third kappa shape index (κ3) is 7.21. The Kier molecular flexibility index (Phi) is 10.3. The zero-order valence-electron chi connectivity index (χ0n) is 23.8. The van der Waals surface area contributed by atoms with Gasteiger partial charge in [-0.1, -0.05) is 68.6 Å². The van der Waals surface area contributed by atoms with Crippen LogP contribution in [0.25, 0.3) is 11.7 Å². The first kappa shape index (κ1) is 30.7. The highest BCUT2D eigenvalue weighted by molar-refractivity contribution is 8.26. The number of hydrogen-bond donors (Lipinski definition) is 1. The number of amides is 1. The van der Waals surface area contributed by atoms with Gasteiger partial charge in [-0.15, -0.1) is 0 Å². The maximum absolute atomic E-state index is 13.7.